The quantitative estimate of drug-likeness (QED) is 0.354. The third-order valence-corrected chi connectivity index (χ3v) is 8.94. The van der Waals surface area contributed by atoms with Crippen molar-refractivity contribution in [2.45, 2.75) is 94.7 Å². The number of hydrogen-bond acceptors (Lipinski definition) is 8. The zero-order chi connectivity index (χ0) is 28.1. The molecule has 1 aromatic carbocycles. The summed E-state index contributed by atoms with van der Waals surface area (Å²) in [7, 11) is -3.67. The predicted molar refractivity (Wildman–Crippen MR) is 143 cm³/mol. The molecule has 218 valence electrons. The van der Waals surface area contributed by atoms with E-state index in [1.165, 1.54) is 37.7 Å². The minimum absolute atomic E-state index is 0.353. The molecule has 1 aromatic rings. The normalized spacial score (nSPS) is 37.0. The number of hydrogen-bond donors (Lipinski definition) is 3. The van der Waals surface area contributed by atoms with Gasteiger partial charge >= 0.3 is 6.09 Å². The lowest BCUT2D eigenvalue weighted by Crippen LogP contribution is -2.59. The Balaban J connectivity index is 0.000000567. The van der Waals surface area contributed by atoms with Crippen LogP contribution in [0, 0.1) is 23.7 Å². The van der Waals surface area contributed by atoms with Crippen LogP contribution in [0.15, 0.2) is 24.3 Å². The molecule has 0 aromatic heterocycles. The van der Waals surface area contributed by atoms with Gasteiger partial charge in [0.2, 0.25) is 11.6 Å². The van der Waals surface area contributed by atoms with Crippen molar-refractivity contribution in [3.05, 3.63) is 29.8 Å². The molecule has 0 unspecified atom stereocenters. The number of nitrogens with two attached hydrogens (primary N) is 1. The average Bonchev–Trinajstić information content (AvgIpc) is 3.20. The van der Waals surface area contributed by atoms with E-state index in [0.29, 0.717) is 36.3 Å². The van der Waals surface area contributed by atoms with Crippen LogP contribution in [0.25, 0.3) is 0 Å². The van der Waals surface area contributed by atoms with Crippen molar-refractivity contribution in [1.82, 2.24) is 5.32 Å². The van der Waals surface area contributed by atoms with Gasteiger partial charge in [0.05, 0.1) is 6.26 Å². The van der Waals surface area contributed by atoms with E-state index < -0.39 is 33.3 Å². The van der Waals surface area contributed by atoms with Crippen molar-refractivity contribution in [3.8, 4) is 5.75 Å². The largest absolute Gasteiger partial charge is 0.412 e. The summed E-state index contributed by atoms with van der Waals surface area (Å²) >= 11 is 0. The zero-order valence-corrected chi connectivity index (χ0v) is 23.9. The number of carbonyl (C=O) groups excluding carboxylic acids is 1. The number of amides is 1. The van der Waals surface area contributed by atoms with Gasteiger partial charge in [0.25, 0.3) is 10.1 Å². The molecule has 4 bridgehead atoms. The SMILES string of the molecule is CC(C)(N)CNC(=O)Oc1ccc(C2CCC3(CC2)OOC2(O3)C3CC4CC(C3)CC2C4)cc1.CS(=O)(=O)O. The first-order valence-electron chi connectivity index (χ1n) is 14.1. The summed E-state index contributed by atoms with van der Waals surface area (Å²) < 4.78 is 38.1. The van der Waals surface area contributed by atoms with Crippen LogP contribution in [-0.2, 0) is 24.6 Å². The van der Waals surface area contributed by atoms with Gasteiger partial charge in [0.1, 0.15) is 5.75 Å². The minimum atomic E-state index is -3.67. The number of ether oxygens (including phenoxy) is 2. The Morgan fingerprint density at radius 2 is 1.59 bits per heavy atom. The van der Waals surface area contributed by atoms with Crippen molar-refractivity contribution in [1.29, 1.82) is 0 Å². The van der Waals surface area contributed by atoms with E-state index in [0.717, 1.165) is 37.5 Å². The first-order chi connectivity index (χ1) is 18.2. The highest BCUT2D eigenvalue weighted by Gasteiger charge is 2.66. The lowest BCUT2D eigenvalue weighted by molar-refractivity contribution is -0.390. The van der Waals surface area contributed by atoms with Gasteiger partial charge in [-0.1, -0.05) is 12.1 Å². The van der Waals surface area contributed by atoms with Crippen molar-refractivity contribution in [2.24, 2.45) is 29.4 Å². The van der Waals surface area contributed by atoms with E-state index in [1.807, 2.05) is 26.0 Å². The van der Waals surface area contributed by atoms with Gasteiger partial charge in [0, 0.05) is 36.8 Å². The second-order valence-electron chi connectivity index (χ2n) is 13.0. The molecule has 1 saturated heterocycles. The van der Waals surface area contributed by atoms with Crippen molar-refractivity contribution < 1.29 is 37.0 Å². The predicted octanol–water partition coefficient (Wildman–Crippen LogP) is 4.50. The van der Waals surface area contributed by atoms with Crippen molar-refractivity contribution >= 4 is 16.2 Å². The van der Waals surface area contributed by atoms with E-state index in [4.69, 9.17) is 29.5 Å². The van der Waals surface area contributed by atoms with E-state index in [9.17, 15) is 13.2 Å². The van der Waals surface area contributed by atoms with Crippen molar-refractivity contribution in [2.75, 3.05) is 12.8 Å². The topological polar surface area (TPSA) is 146 Å². The third-order valence-electron chi connectivity index (χ3n) is 8.94. The van der Waals surface area contributed by atoms with Gasteiger partial charge in [-0.05, 0) is 94.2 Å². The van der Waals surface area contributed by atoms with E-state index >= 15 is 0 Å². The molecule has 2 spiro atoms. The summed E-state index contributed by atoms with van der Waals surface area (Å²) in [5.74, 6) is 2.65. The molecule has 7 rings (SSSR count). The standard InChI is InChI=1S/C27H38N2O5.CH4O3S/c1-25(2,28)16-29-24(30)31-23-5-3-19(4-6-23)20-7-9-26(10-8-20)32-27(34-33-26)21-12-17-11-18(14-21)15-22(27)13-17;1-5(2,3)4/h3-6,17-18,20-22H,7-16,28H2,1-2H3,(H,29,30);1H3,(H,2,3,4). The Bertz CT molecular complexity index is 1100. The first-order valence-corrected chi connectivity index (χ1v) is 15.9. The summed E-state index contributed by atoms with van der Waals surface area (Å²) in [5.41, 5.74) is 6.68. The fourth-order valence-corrected chi connectivity index (χ4v) is 7.44. The van der Waals surface area contributed by atoms with Gasteiger partial charge in [-0.15, -0.1) is 0 Å². The van der Waals surface area contributed by atoms with Crippen LogP contribution in [0.2, 0.25) is 0 Å². The van der Waals surface area contributed by atoms with Gasteiger partial charge < -0.3 is 20.5 Å². The van der Waals surface area contributed by atoms with Crippen LogP contribution in [0.4, 0.5) is 4.79 Å². The second kappa shape index (κ2) is 10.6. The average molecular weight is 567 g/mol. The number of carbonyl (C=O) groups is 1. The lowest BCUT2D eigenvalue weighted by atomic mass is 9.53. The van der Waals surface area contributed by atoms with E-state index in [2.05, 4.69) is 17.4 Å². The first kappa shape index (κ1) is 28.8. The lowest BCUT2D eigenvalue weighted by Gasteiger charge is -2.57. The summed E-state index contributed by atoms with van der Waals surface area (Å²) in [6, 6.07) is 7.85. The summed E-state index contributed by atoms with van der Waals surface area (Å²) in [5, 5.41) is 2.69. The molecular formula is C28H42N2O8S. The third kappa shape index (κ3) is 6.77. The Hall–Kier alpha value is -1.76. The fraction of sp³-hybridized carbons (Fsp3) is 0.750. The second-order valence-corrected chi connectivity index (χ2v) is 14.5. The Morgan fingerprint density at radius 3 is 2.10 bits per heavy atom. The zero-order valence-electron chi connectivity index (χ0n) is 23.1. The Morgan fingerprint density at radius 1 is 1.05 bits per heavy atom. The molecule has 10 nitrogen and oxygen atoms in total. The van der Waals surface area contributed by atoms with Crippen LogP contribution in [-0.4, -0.2) is 49.0 Å². The van der Waals surface area contributed by atoms with E-state index in [-0.39, 0.29) is 0 Å². The Labute approximate surface area is 231 Å². The molecule has 5 aliphatic carbocycles. The molecule has 1 heterocycles. The molecule has 6 aliphatic rings. The summed E-state index contributed by atoms with van der Waals surface area (Å²) in [4.78, 5) is 24.2. The molecule has 4 N–H and O–H groups in total. The number of nitrogens with one attached hydrogen (secondary N) is 1. The van der Waals surface area contributed by atoms with Gasteiger partial charge in [-0.3, -0.25) is 4.55 Å². The van der Waals surface area contributed by atoms with Crippen molar-refractivity contribution in [3.63, 3.8) is 0 Å². The maximum Gasteiger partial charge on any atom is 0.412 e. The fourth-order valence-electron chi connectivity index (χ4n) is 7.44. The van der Waals surface area contributed by atoms with E-state index in [1.54, 1.807) is 0 Å². The molecule has 5 saturated carbocycles. The van der Waals surface area contributed by atoms with Gasteiger partial charge in [0.15, 0.2) is 0 Å². The van der Waals surface area contributed by atoms with Crippen LogP contribution < -0.4 is 15.8 Å². The molecule has 6 fully saturated rings. The van der Waals surface area contributed by atoms with Crippen LogP contribution in [0.5, 0.6) is 5.75 Å². The molecule has 1 amide bonds. The maximum atomic E-state index is 12.0. The summed E-state index contributed by atoms with van der Waals surface area (Å²) in [6.07, 6.45) is 10.3. The van der Waals surface area contributed by atoms with Gasteiger partial charge in [-0.25, -0.2) is 4.79 Å². The minimum Gasteiger partial charge on any atom is -0.410 e. The van der Waals surface area contributed by atoms with Crippen LogP contribution in [0.1, 0.15) is 83.1 Å². The highest BCUT2D eigenvalue weighted by Crippen LogP contribution is 2.64. The highest BCUT2D eigenvalue weighted by atomic mass is 32.2. The molecule has 11 heteroatoms. The Kier molecular flexibility index (Phi) is 7.80. The molecule has 39 heavy (non-hydrogen) atoms. The van der Waals surface area contributed by atoms with Gasteiger partial charge in [-0.2, -0.15) is 18.2 Å². The number of benzene rings is 1. The van der Waals surface area contributed by atoms with Crippen LogP contribution >= 0.6 is 0 Å². The monoisotopic (exact) mass is 566 g/mol. The smallest absolute Gasteiger partial charge is 0.410 e. The highest BCUT2D eigenvalue weighted by molar-refractivity contribution is 7.85. The molecule has 1 aliphatic heterocycles. The molecular weight excluding hydrogens is 524 g/mol. The summed E-state index contributed by atoms with van der Waals surface area (Å²) in [6.45, 7) is 4.06. The molecule has 0 radical (unpaired) electrons. The van der Waals surface area contributed by atoms with Crippen LogP contribution in [0.3, 0.4) is 0 Å². The maximum absolute atomic E-state index is 12.0. The number of rotatable bonds is 4. The molecule has 0 atom stereocenters.